The van der Waals surface area contributed by atoms with Crippen molar-refractivity contribution in [1.82, 2.24) is 9.80 Å². The van der Waals surface area contributed by atoms with Crippen LogP contribution in [-0.4, -0.2) is 47.0 Å². The lowest BCUT2D eigenvalue weighted by Crippen LogP contribution is -2.39. The molecular weight excluding hydrogens is 330 g/mol. The number of carbonyl (C=O) groups excluding carboxylic acids is 1. The van der Waals surface area contributed by atoms with Crippen molar-refractivity contribution in [2.75, 3.05) is 31.5 Å². The van der Waals surface area contributed by atoms with E-state index in [0.717, 1.165) is 43.4 Å². The molecule has 1 aliphatic rings. The molecule has 1 amide bonds. The Bertz CT molecular complexity index is 601. The van der Waals surface area contributed by atoms with Gasteiger partial charge in [-0.15, -0.1) is 0 Å². The SMILES string of the molecule is CC(=O)N1CCCN(C(=S)Nc2c(C(C)C)cccc2C(C)C)CC1. The summed E-state index contributed by atoms with van der Waals surface area (Å²) in [4.78, 5) is 15.7. The maximum atomic E-state index is 11.6. The number of anilines is 1. The van der Waals surface area contributed by atoms with Gasteiger partial charge in [0.05, 0.1) is 0 Å². The van der Waals surface area contributed by atoms with Gasteiger partial charge in [-0.3, -0.25) is 4.79 Å². The molecule has 0 atom stereocenters. The molecule has 1 aromatic carbocycles. The van der Waals surface area contributed by atoms with E-state index in [-0.39, 0.29) is 5.91 Å². The van der Waals surface area contributed by atoms with Gasteiger partial charge in [0.15, 0.2) is 5.11 Å². The summed E-state index contributed by atoms with van der Waals surface area (Å²) in [5, 5.41) is 4.30. The van der Waals surface area contributed by atoms with Crippen LogP contribution in [0.2, 0.25) is 0 Å². The minimum Gasteiger partial charge on any atom is -0.347 e. The van der Waals surface area contributed by atoms with Crippen molar-refractivity contribution in [1.29, 1.82) is 0 Å². The molecule has 1 aliphatic heterocycles. The maximum absolute atomic E-state index is 11.6. The number of carbonyl (C=O) groups is 1. The largest absolute Gasteiger partial charge is 0.347 e. The van der Waals surface area contributed by atoms with Crippen LogP contribution < -0.4 is 5.32 Å². The van der Waals surface area contributed by atoms with Gasteiger partial charge in [-0.05, 0) is 41.6 Å². The standard InChI is InChI=1S/C20H31N3OS/c1-14(2)17-8-6-9-18(15(3)4)19(17)21-20(25)23-11-7-10-22(12-13-23)16(5)24/h6,8-9,14-15H,7,10-13H2,1-5H3,(H,21,25). The second kappa shape index (κ2) is 8.65. The van der Waals surface area contributed by atoms with Gasteiger partial charge in [-0.25, -0.2) is 0 Å². The van der Waals surface area contributed by atoms with E-state index in [1.54, 1.807) is 6.92 Å². The molecule has 25 heavy (non-hydrogen) atoms. The normalized spacial score (nSPS) is 15.5. The van der Waals surface area contributed by atoms with Crippen LogP contribution in [0.15, 0.2) is 18.2 Å². The molecule has 0 saturated carbocycles. The van der Waals surface area contributed by atoms with Gasteiger partial charge in [-0.2, -0.15) is 0 Å². The molecule has 1 fully saturated rings. The van der Waals surface area contributed by atoms with Crippen LogP contribution in [0.3, 0.4) is 0 Å². The molecule has 0 bridgehead atoms. The molecule has 1 saturated heterocycles. The zero-order chi connectivity index (χ0) is 18.6. The first-order chi connectivity index (χ1) is 11.8. The highest BCUT2D eigenvalue weighted by Crippen LogP contribution is 2.32. The third-order valence-electron chi connectivity index (χ3n) is 4.83. The Morgan fingerprint density at radius 1 is 1.00 bits per heavy atom. The predicted octanol–water partition coefficient (Wildman–Crippen LogP) is 4.18. The Kier molecular flexibility index (Phi) is 6.82. The van der Waals surface area contributed by atoms with E-state index < -0.39 is 0 Å². The minimum atomic E-state index is 0.146. The Morgan fingerprint density at radius 2 is 1.52 bits per heavy atom. The van der Waals surface area contributed by atoms with Crippen molar-refractivity contribution >= 4 is 28.9 Å². The molecule has 0 aromatic heterocycles. The summed E-state index contributed by atoms with van der Waals surface area (Å²) in [7, 11) is 0. The van der Waals surface area contributed by atoms with E-state index in [0.29, 0.717) is 11.8 Å². The zero-order valence-electron chi connectivity index (χ0n) is 16.1. The van der Waals surface area contributed by atoms with Crippen molar-refractivity contribution in [3.63, 3.8) is 0 Å². The van der Waals surface area contributed by atoms with Gasteiger partial charge in [0.25, 0.3) is 0 Å². The van der Waals surface area contributed by atoms with E-state index in [1.165, 1.54) is 11.1 Å². The molecule has 1 heterocycles. The van der Waals surface area contributed by atoms with Crippen LogP contribution in [0.5, 0.6) is 0 Å². The Labute approximate surface area is 157 Å². The molecule has 0 radical (unpaired) electrons. The van der Waals surface area contributed by atoms with Crippen LogP contribution in [0.4, 0.5) is 5.69 Å². The first kappa shape index (κ1) is 19.7. The molecule has 0 spiro atoms. The lowest BCUT2D eigenvalue weighted by atomic mass is 9.93. The zero-order valence-corrected chi connectivity index (χ0v) is 16.9. The Hall–Kier alpha value is -1.62. The lowest BCUT2D eigenvalue weighted by Gasteiger charge is -2.27. The van der Waals surface area contributed by atoms with Gasteiger partial charge in [0.2, 0.25) is 5.91 Å². The number of amides is 1. The first-order valence-electron chi connectivity index (χ1n) is 9.25. The Morgan fingerprint density at radius 3 is 2.04 bits per heavy atom. The summed E-state index contributed by atoms with van der Waals surface area (Å²) in [6.07, 6.45) is 0.949. The number of thiocarbonyl (C=S) groups is 1. The first-order valence-corrected chi connectivity index (χ1v) is 9.66. The molecule has 4 nitrogen and oxygen atoms in total. The van der Waals surface area contributed by atoms with Gasteiger partial charge in [0, 0.05) is 38.8 Å². The molecule has 138 valence electrons. The number of hydrogen-bond donors (Lipinski definition) is 1. The lowest BCUT2D eigenvalue weighted by molar-refractivity contribution is -0.128. The second-order valence-corrected chi connectivity index (χ2v) is 7.78. The van der Waals surface area contributed by atoms with Crippen LogP contribution >= 0.6 is 12.2 Å². The molecule has 0 aliphatic carbocycles. The number of nitrogens with zero attached hydrogens (tertiary/aromatic N) is 2. The number of para-hydroxylation sites is 1. The molecule has 0 unspecified atom stereocenters. The molecule has 1 aromatic rings. The summed E-state index contributed by atoms with van der Waals surface area (Å²) in [6.45, 7) is 13.7. The van der Waals surface area contributed by atoms with E-state index in [4.69, 9.17) is 12.2 Å². The van der Waals surface area contributed by atoms with Crippen LogP contribution in [0.25, 0.3) is 0 Å². The summed E-state index contributed by atoms with van der Waals surface area (Å²) < 4.78 is 0. The molecule has 1 N–H and O–H groups in total. The van der Waals surface area contributed by atoms with Gasteiger partial charge >= 0.3 is 0 Å². The summed E-state index contributed by atoms with van der Waals surface area (Å²) in [5.41, 5.74) is 3.76. The monoisotopic (exact) mass is 361 g/mol. The molecular formula is C20H31N3OS. The smallest absolute Gasteiger partial charge is 0.219 e. The third-order valence-corrected chi connectivity index (χ3v) is 5.19. The van der Waals surface area contributed by atoms with E-state index >= 15 is 0 Å². The second-order valence-electron chi connectivity index (χ2n) is 7.40. The Balaban J connectivity index is 2.18. The number of hydrogen-bond acceptors (Lipinski definition) is 2. The number of benzene rings is 1. The average Bonchev–Trinajstić information content (AvgIpc) is 2.80. The van der Waals surface area contributed by atoms with Gasteiger partial charge in [-0.1, -0.05) is 45.9 Å². The molecule has 2 rings (SSSR count). The van der Waals surface area contributed by atoms with Crippen molar-refractivity contribution in [2.24, 2.45) is 0 Å². The average molecular weight is 362 g/mol. The van der Waals surface area contributed by atoms with Crippen molar-refractivity contribution in [3.8, 4) is 0 Å². The van der Waals surface area contributed by atoms with Crippen LogP contribution in [0.1, 0.15) is 64.0 Å². The summed E-state index contributed by atoms with van der Waals surface area (Å²) in [6, 6.07) is 6.50. The summed E-state index contributed by atoms with van der Waals surface area (Å²) >= 11 is 5.72. The van der Waals surface area contributed by atoms with E-state index in [1.807, 2.05) is 4.90 Å². The number of rotatable bonds is 3. The fourth-order valence-corrected chi connectivity index (χ4v) is 3.60. The maximum Gasteiger partial charge on any atom is 0.219 e. The van der Waals surface area contributed by atoms with Crippen molar-refractivity contribution in [2.45, 2.75) is 52.9 Å². The summed E-state index contributed by atoms with van der Waals surface area (Å²) in [5.74, 6) is 1.01. The van der Waals surface area contributed by atoms with E-state index in [2.05, 4.69) is 56.1 Å². The highest BCUT2D eigenvalue weighted by atomic mass is 32.1. The highest BCUT2D eigenvalue weighted by molar-refractivity contribution is 7.80. The quantitative estimate of drug-likeness (QED) is 0.819. The van der Waals surface area contributed by atoms with Crippen molar-refractivity contribution in [3.05, 3.63) is 29.3 Å². The fraction of sp³-hybridized carbons (Fsp3) is 0.600. The molecule has 5 heteroatoms. The predicted molar refractivity (Wildman–Crippen MR) is 109 cm³/mol. The van der Waals surface area contributed by atoms with Gasteiger partial charge < -0.3 is 15.1 Å². The van der Waals surface area contributed by atoms with Gasteiger partial charge in [0.1, 0.15) is 0 Å². The van der Waals surface area contributed by atoms with Crippen LogP contribution in [-0.2, 0) is 4.79 Å². The topological polar surface area (TPSA) is 35.6 Å². The minimum absolute atomic E-state index is 0.146. The number of nitrogens with one attached hydrogen (secondary N) is 1. The highest BCUT2D eigenvalue weighted by Gasteiger charge is 2.20. The third kappa shape index (κ3) is 4.94. The van der Waals surface area contributed by atoms with Crippen LogP contribution in [0, 0.1) is 0 Å². The van der Waals surface area contributed by atoms with E-state index in [9.17, 15) is 4.79 Å². The fourth-order valence-electron chi connectivity index (χ4n) is 3.32. The van der Waals surface area contributed by atoms with Crippen molar-refractivity contribution < 1.29 is 4.79 Å².